The van der Waals surface area contributed by atoms with Gasteiger partial charge in [0.2, 0.25) is 0 Å². The highest BCUT2D eigenvalue weighted by atomic mass is 35.5. The van der Waals surface area contributed by atoms with E-state index in [2.05, 4.69) is 34.4 Å². The summed E-state index contributed by atoms with van der Waals surface area (Å²) in [5, 5.41) is 0. The molecule has 20 heavy (non-hydrogen) atoms. The Balaban J connectivity index is 0. The minimum absolute atomic E-state index is 0. The highest BCUT2D eigenvalue weighted by Gasteiger charge is 2.11. The van der Waals surface area contributed by atoms with Crippen LogP contribution in [0.2, 0.25) is 0 Å². The fourth-order valence-electron chi connectivity index (χ4n) is 1.85. The van der Waals surface area contributed by atoms with E-state index in [4.69, 9.17) is 5.73 Å². The Hall–Kier alpha value is -1.39. The van der Waals surface area contributed by atoms with Crippen molar-refractivity contribution in [3.63, 3.8) is 0 Å². The van der Waals surface area contributed by atoms with E-state index in [1.165, 1.54) is 5.69 Å². The molecule has 0 saturated heterocycles. The molecule has 0 saturated carbocycles. The molecule has 2 rings (SSSR count). The van der Waals surface area contributed by atoms with Crippen molar-refractivity contribution in [2.24, 2.45) is 0 Å². The third kappa shape index (κ3) is 4.62. The van der Waals surface area contributed by atoms with Gasteiger partial charge in [0.25, 0.3) is 0 Å². The van der Waals surface area contributed by atoms with Gasteiger partial charge in [-0.15, -0.1) is 0 Å². The first kappa shape index (κ1) is 18.6. The number of nitrogens with zero attached hydrogens (tertiary/aromatic N) is 3. The van der Waals surface area contributed by atoms with Gasteiger partial charge in [-0.25, -0.2) is 9.97 Å². The van der Waals surface area contributed by atoms with Crippen LogP contribution in [0.25, 0.3) is 0 Å². The summed E-state index contributed by atoms with van der Waals surface area (Å²) in [7, 11) is 0. The molecule has 0 aliphatic rings. The van der Waals surface area contributed by atoms with Crippen LogP contribution in [-0.2, 0) is 13.0 Å². The molecule has 2 aromatic rings. The molecule has 0 radical (unpaired) electrons. The average Bonchev–Trinajstić information content (AvgIpc) is 2.35. The van der Waals surface area contributed by atoms with Gasteiger partial charge in [0.05, 0.1) is 5.56 Å². The summed E-state index contributed by atoms with van der Waals surface area (Å²) < 4.78 is 2.13. The molecule has 0 amide bonds. The fourth-order valence-corrected chi connectivity index (χ4v) is 1.85. The standard InChI is InChI=1S/C14H19N4.2ClH/c1-3-6-13-16-9-12(14(15)17-13)10-18-8-5-4-7-11(18)2;;/h4-5,7-9H,3,6,10H2,1-2H3,(H2,15,16,17);2*1H/q+1;;/p-1. The number of hydrogen-bond donors (Lipinski definition) is 1. The van der Waals surface area contributed by atoms with Crippen LogP contribution in [0.5, 0.6) is 0 Å². The third-order valence-corrected chi connectivity index (χ3v) is 2.93. The summed E-state index contributed by atoms with van der Waals surface area (Å²) >= 11 is 0. The Kier molecular flexibility index (Phi) is 8.11. The van der Waals surface area contributed by atoms with Crippen molar-refractivity contribution in [1.29, 1.82) is 0 Å². The van der Waals surface area contributed by atoms with Crippen molar-refractivity contribution in [3.05, 3.63) is 47.7 Å². The Labute approximate surface area is 133 Å². The lowest BCUT2D eigenvalue weighted by molar-refractivity contribution is -0.694. The van der Waals surface area contributed by atoms with Gasteiger partial charge in [0.1, 0.15) is 11.6 Å². The van der Waals surface area contributed by atoms with Gasteiger partial charge in [-0.05, 0) is 6.42 Å². The summed E-state index contributed by atoms with van der Waals surface area (Å²) in [4.78, 5) is 8.69. The maximum atomic E-state index is 5.99. The molecule has 110 valence electrons. The Morgan fingerprint density at radius 3 is 2.65 bits per heavy atom. The van der Waals surface area contributed by atoms with Crippen LogP contribution in [0, 0.1) is 6.92 Å². The van der Waals surface area contributed by atoms with Gasteiger partial charge < -0.3 is 30.5 Å². The number of aryl methyl sites for hydroxylation is 2. The van der Waals surface area contributed by atoms with E-state index in [0.29, 0.717) is 12.4 Å². The van der Waals surface area contributed by atoms with Crippen LogP contribution in [0.15, 0.2) is 30.6 Å². The molecule has 0 spiro atoms. The van der Waals surface area contributed by atoms with Gasteiger partial charge in [-0.3, -0.25) is 0 Å². The second kappa shape index (κ2) is 8.72. The Morgan fingerprint density at radius 2 is 2.05 bits per heavy atom. The second-order valence-electron chi connectivity index (χ2n) is 4.42. The van der Waals surface area contributed by atoms with Crippen LogP contribution in [0.4, 0.5) is 5.82 Å². The first-order valence-electron chi connectivity index (χ1n) is 6.26. The zero-order chi connectivity index (χ0) is 13.0. The van der Waals surface area contributed by atoms with Crippen molar-refractivity contribution in [2.45, 2.75) is 33.2 Å². The monoisotopic (exact) mass is 314 g/mol. The second-order valence-corrected chi connectivity index (χ2v) is 4.42. The van der Waals surface area contributed by atoms with Gasteiger partial charge in [-0.2, -0.15) is 4.57 Å². The zero-order valence-electron chi connectivity index (χ0n) is 12.7. The molecule has 2 heterocycles. The molecular formula is C14H20Cl2N4. The molecule has 0 atom stereocenters. The van der Waals surface area contributed by atoms with Crippen LogP contribution in [0.1, 0.15) is 31.9 Å². The minimum atomic E-state index is 0. The Morgan fingerprint density at radius 1 is 1.30 bits per heavy atom. The van der Waals surface area contributed by atoms with E-state index in [1.807, 2.05) is 24.5 Å². The molecule has 2 N–H and O–H groups in total. The minimum Gasteiger partial charge on any atom is -1.00 e. The van der Waals surface area contributed by atoms with Crippen LogP contribution in [0.3, 0.4) is 0 Å². The van der Waals surface area contributed by atoms with Crippen molar-refractivity contribution in [1.82, 2.24) is 9.97 Å². The topological polar surface area (TPSA) is 55.7 Å². The fraction of sp³-hybridized carbons (Fsp3) is 0.357. The first-order chi connectivity index (χ1) is 8.70. The predicted molar refractivity (Wildman–Crippen MR) is 72.0 cm³/mol. The van der Waals surface area contributed by atoms with E-state index in [9.17, 15) is 0 Å². The van der Waals surface area contributed by atoms with E-state index in [0.717, 1.165) is 24.2 Å². The molecule has 0 unspecified atom stereocenters. The molecule has 4 nitrogen and oxygen atoms in total. The van der Waals surface area contributed by atoms with Crippen molar-refractivity contribution >= 4 is 5.82 Å². The van der Waals surface area contributed by atoms with Gasteiger partial charge in [0, 0.05) is 31.7 Å². The summed E-state index contributed by atoms with van der Waals surface area (Å²) in [6.45, 7) is 4.89. The third-order valence-electron chi connectivity index (χ3n) is 2.93. The first-order valence-corrected chi connectivity index (χ1v) is 6.26. The van der Waals surface area contributed by atoms with Gasteiger partial charge >= 0.3 is 1.43 Å². The largest absolute Gasteiger partial charge is 1.00 e. The zero-order valence-corrected chi connectivity index (χ0v) is 13.2. The maximum absolute atomic E-state index is 5.99. The maximum Gasteiger partial charge on any atom is 1.00 e. The number of hydrogen-bond acceptors (Lipinski definition) is 3. The quantitative estimate of drug-likeness (QED) is 0.582. The number of pyridine rings is 1. The van der Waals surface area contributed by atoms with E-state index >= 15 is 0 Å². The molecule has 2 aromatic heterocycles. The van der Waals surface area contributed by atoms with E-state index < -0.39 is 0 Å². The van der Waals surface area contributed by atoms with Gasteiger partial charge in [0.15, 0.2) is 18.4 Å². The highest BCUT2D eigenvalue weighted by Crippen LogP contribution is 2.08. The lowest BCUT2D eigenvalue weighted by Crippen LogP contribution is -3.00. The lowest BCUT2D eigenvalue weighted by atomic mass is 10.2. The predicted octanol–water partition coefficient (Wildman–Crippen LogP) is -4.22. The number of aromatic nitrogens is 3. The SMILES string of the molecule is CCCc1ncc(C[n+]2ccccc2C)c(N)n1.[Cl-].[Cl-].[H+]. The van der Waals surface area contributed by atoms with Gasteiger partial charge in [-0.1, -0.05) is 13.0 Å². The molecule has 6 heteroatoms. The molecule has 0 fully saturated rings. The number of rotatable bonds is 4. The van der Waals surface area contributed by atoms with E-state index in [1.54, 1.807) is 0 Å². The molecule has 0 aliphatic heterocycles. The number of halogens is 2. The summed E-state index contributed by atoms with van der Waals surface area (Å²) in [5.74, 6) is 1.41. The lowest BCUT2D eigenvalue weighted by Gasteiger charge is -2.05. The van der Waals surface area contributed by atoms with E-state index in [-0.39, 0.29) is 26.2 Å². The summed E-state index contributed by atoms with van der Waals surface area (Å²) in [6, 6.07) is 6.11. The summed E-state index contributed by atoms with van der Waals surface area (Å²) in [6.07, 6.45) is 5.79. The molecular weight excluding hydrogens is 295 g/mol. The molecule has 0 bridgehead atoms. The van der Waals surface area contributed by atoms with Crippen molar-refractivity contribution in [2.75, 3.05) is 5.73 Å². The highest BCUT2D eigenvalue weighted by molar-refractivity contribution is 5.36. The van der Waals surface area contributed by atoms with Crippen LogP contribution < -0.4 is 35.1 Å². The molecule has 0 aromatic carbocycles. The smallest absolute Gasteiger partial charge is 1.00 e. The van der Waals surface area contributed by atoms with Crippen molar-refractivity contribution in [3.8, 4) is 0 Å². The number of nitrogen functional groups attached to an aromatic ring is 1. The average molecular weight is 315 g/mol. The van der Waals surface area contributed by atoms with Crippen molar-refractivity contribution < 1.29 is 30.8 Å². The summed E-state index contributed by atoms with van der Waals surface area (Å²) in [5.41, 5.74) is 8.14. The number of anilines is 1. The Bertz CT molecular complexity index is 552. The molecule has 0 aliphatic carbocycles. The normalized spacial score (nSPS) is 9.50. The van der Waals surface area contributed by atoms with Crippen LogP contribution >= 0.6 is 0 Å². The number of nitrogens with two attached hydrogens (primary N) is 1. The van der Waals surface area contributed by atoms with Crippen LogP contribution in [-0.4, -0.2) is 9.97 Å².